The number of nitrogens with zero attached hydrogens (tertiary/aromatic N) is 1. The Hall–Kier alpha value is -3.67. The normalized spacial score (nSPS) is 14.5. The number of halogens is 1. The van der Waals surface area contributed by atoms with Crippen molar-refractivity contribution in [1.82, 2.24) is 10.2 Å². The summed E-state index contributed by atoms with van der Waals surface area (Å²) in [6.07, 6.45) is 5.72. The first-order valence-corrected chi connectivity index (χ1v) is 13.1. The van der Waals surface area contributed by atoms with Gasteiger partial charge >= 0.3 is 0 Å². The van der Waals surface area contributed by atoms with E-state index in [1.165, 1.54) is 30.7 Å². The molecule has 4 rings (SSSR count). The maximum Gasteiger partial charge on any atom is 0.261 e. The van der Waals surface area contributed by atoms with Crippen molar-refractivity contribution >= 4 is 11.8 Å². The largest absolute Gasteiger partial charge is 0.484 e. The monoisotopic (exact) mass is 502 g/mol. The minimum Gasteiger partial charge on any atom is -0.484 e. The number of carbonyl (C=O) groups excluding carboxylic acids is 2. The van der Waals surface area contributed by atoms with Crippen LogP contribution in [0.25, 0.3) is 0 Å². The van der Waals surface area contributed by atoms with Crippen LogP contribution in [-0.4, -0.2) is 35.4 Å². The summed E-state index contributed by atoms with van der Waals surface area (Å²) in [5, 5.41) is 3.24. The van der Waals surface area contributed by atoms with Crippen molar-refractivity contribution in [2.45, 2.75) is 64.1 Å². The second-order valence-electron chi connectivity index (χ2n) is 9.80. The van der Waals surface area contributed by atoms with Crippen LogP contribution in [0.15, 0.2) is 78.9 Å². The van der Waals surface area contributed by atoms with Gasteiger partial charge in [-0.3, -0.25) is 9.59 Å². The predicted molar refractivity (Wildman–Crippen MR) is 143 cm³/mol. The molecular formula is C31H35FN2O3. The van der Waals surface area contributed by atoms with Gasteiger partial charge in [-0.25, -0.2) is 4.39 Å². The molecule has 2 amide bonds. The Labute approximate surface area is 218 Å². The maximum absolute atomic E-state index is 13.7. The van der Waals surface area contributed by atoms with Gasteiger partial charge in [0.1, 0.15) is 17.6 Å². The van der Waals surface area contributed by atoms with Crippen molar-refractivity contribution < 1.29 is 18.7 Å². The Balaban J connectivity index is 1.60. The fourth-order valence-electron chi connectivity index (χ4n) is 4.86. The fourth-order valence-corrected chi connectivity index (χ4v) is 4.86. The number of aryl methyl sites for hydroxylation is 1. The lowest BCUT2D eigenvalue weighted by molar-refractivity contribution is -0.143. The average Bonchev–Trinajstić information content (AvgIpc) is 2.91. The van der Waals surface area contributed by atoms with Crippen molar-refractivity contribution in [3.8, 4) is 5.75 Å². The number of carbonyl (C=O) groups is 2. The van der Waals surface area contributed by atoms with E-state index in [0.717, 1.165) is 42.4 Å². The smallest absolute Gasteiger partial charge is 0.261 e. The Morgan fingerprint density at radius 1 is 0.946 bits per heavy atom. The molecule has 1 aliphatic carbocycles. The van der Waals surface area contributed by atoms with Gasteiger partial charge < -0.3 is 15.0 Å². The molecule has 3 aromatic rings. The lowest BCUT2D eigenvalue weighted by Gasteiger charge is -2.33. The molecule has 1 saturated carbocycles. The minimum absolute atomic E-state index is 0.130. The molecule has 0 unspecified atom stereocenters. The Bertz CT molecular complexity index is 1160. The van der Waals surface area contributed by atoms with Gasteiger partial charge in [0.05, 0.1) is 0 Å². The summed E-state index contributed by atoms with van der Waals surface area (Å²) >= 11 is 0. The minimum atomic E-state index is -0.700. The summed E-state index contributed by atoms with van der Waals surface area (Å²) in [4.78, 5) is 29.0. The van der Waals surface area contributed by atoms with Crippen molar-refractivity contribution in [2.24, 2.45) is 0 Å². The van der Waals surface area contributed by atoms with Crippen molar-refractivity contribution in [1.29, 1.82) is 0 Å². The third kappa shape index (κ3) is 7.91. The molecule has 0 radical (unpaired) electrons. The topological polar surface area (TPSA) is 58.6 Å². The van der Waals surface area contributed by atoms with Crippen LogP contribution in [0.3, 0.4) is 0 Å². The first-order valence-electron chi connectivity index (χ1n) is 13.1. The second-order valence-corrected chi connectivity index (χ2v) is 9.80. The van der Waals surface area contributed by atoms with E-state index < -0.39 is 6.04 Å². The van der Waals surface area contributed by atoms with Gasteiger partial charge in [-0.2, -0.15) is 0 Å². The highest BCUT2D eigenvalue weighted by atomic mass is 19.1. The fraction of sp³-hybridized carbons (Fsp3) is 0.355. The molecule has 0 aromatic heterocycles. The van der Waals surface area contributed by atoms with Gasteiger partial charge in [-0.1, -0.05) is 79.4 Å². The molecule has 1 fully saturated rings. The van der Waals surface area contributed by atoms with Crippen LogP contribution < -0.4 is 10.1 Å². The van der Waals surface area contributed by atoms with E-state index in [0.29, 0.717) is 12.2 Å². The highest BCUT2D eigenvalue weighted by Crippen LogP contribution is 2.20. The molecule has 1 atom stereocenters. The first kappa shape index (κ1) is 26.4. The molecule has 194 valence electrons. The second kappa shape index (κ2) is 13.0. The molecule has 0 bridgehead atoms. The van der Waals surface area contributed by atoms with Crippen molar-refractivity contribution in [3.63, 3.8) is 0 Å². The standard InChI is InChI=1S/C31H35FN2O3/c1-23-9-8-12-25(19-23)21-34(30(35)22-37-28-17-15-26(32)16-18-28)29(20-24-10-4-2-5-11-24)31(36)33-27-13-6-3-7-14-27/h2,4-5,8-12,15-19,27,29H,3,6-7,13-14,20-22H2,1H3,(H,33,36)/t29-/m1/s1. The van der Waals surface area contributed by atoms with E-state index >= 15 is 0 Å². The summed E-state index contributed by atoms with van der Waals surface area (Å²) in [5.74, 6) is -0.414. The number of ether oxygens (including phenoxy) is 1. The number of hydrogen-bond acceptors (Lipinski definition) is 3. The van der Waals surface area contributed by atoms with Crippen LogP contribution in [0.4, 0.5) is 4.39 Å². The molecule has 0 aliphatic heterocycles. The molecule has 1 N–H and O–H groups in total. The number of amides is 2. The number of rotatable bonds is 10. The zero-order valence-electron chi connectivity index (χ0n) is 21.4. The van der Waals surface area contributed by atoms with Crippen LogP contribution in [0.5, 0.6) is 5.75 Å². The number of benzene rings is 3. The summed E-state index contributed by atoms with van der Waals surface area (Å²) in [7, 11) is 0. The Kier molecular flexibility index (Phi) is 9.30. The van der Waals surface area contributed by atoms with E-state index in [1.54, 1.807) is 4.90 Å². The Morgan fingerprint density at radius 3 is 2.35 bits per heavy atom. The molecule has 1 aliphatic rings. The lowest BCUT2D eigenvalue weighted by Crippen LogP contribution is -2.53. The molecule has 0 heterocycles. The SMILES string of the molecule is Cc1cccc(CN(C(=O)COc2ccc(F)cc2)[C@H](Cc2ccccc2)C(=O)NC2CCCCC2)c1. The van der Waals surface area contributed by atoms with Gasteiger partial charge in [-0.05, 0) is 55.2 Å². The lowest BCUT2D eigenvalue weighted by atomic mass is 9.94. The van der Waals surface area contributed by atoms with Gasteiger partial charge in [-0.15, -0.1) is 0 Å². The summed E-state index contributed by atoms with van der Waals surface area (Å²) in [5.41, 5.74) is 3.00. The highest BCUT2D eigenvalue weighted by Gasteiger charge is 2.32. The van der Waals surface area contributed by atoms with E-state index in [-0.39, 0.29) is 36.8 Å². The molecule has 6 heteroatoms. The van der Waals surface area contributed by atoms with Crippen molar-refractivity contribution in [2.75, 3.05) is 6.61 Å². The van der Waals surface area contributed by atoms with Gasteiger partial charge in [0, 0.05) is 19.0 Å². The van der Waals surface area contributed by atoms with E-state index in [2.05, 4.69) is 5.32 Å². The molecule has 3 aromatic carbocycles. The highest BCUT2D eigenvalue weighted by molar-refractivity contribution is 5.88. The number of nitrogens with one attached hydrogen (secondary N) is 1. The van der Waals surface area contributed by atoms with Crippen LogP contribution in [0, 0.1) is 12.7 Å². The van der Waals surface area contributed by atoms with Gasteiger partial charge in [0.2, 0.25) is 5.91 Å². The van der Waals surface area contributed by atoms with Crippen LogP contribution in [0.1, 0.15) is 48.8 Å². The Morgan fingerprint density at radius 2 is 1.65 bits per heavy atom. The summed E-state index contributed by atoms with van der Waals surface area (Å²) < 4.78 is 19.0. The van der Waals surface area contributed by atoms with Crippen LogP contribution in [0.2, 0.25) is 0 Å². The molecule has 0 saturated heterocycles. The number of hydrogen-bond donors (Lipinski definition) is 1. The van der Waals surface area contributed by atoms with Gasteiger partial charge in [0.25, 0.3) is 5.91 Å². The third-order valence-corrected chi connectivity index (χ3v) is 6.83. The van der Waals surface area contributed by atoms with E-state index in [9.17, 15) is 14.0 Å². The van der Waals surface area contributed by atoms with E-state index in [1.807, 2.05) is 61.5 Å². The average molecular weight is 503 g/mol. The zero-order valence-corrected chi connectivity index (χ0v) is 21.4. The predicted octanol–water partition coefficient (Wildman–Crippen LogP) is 5.60. The van der Waals surface area contributed by atoms with Crippen LogP contribution >= 0.6 is 0 Å². The van der Waals surface area contributed by atoms with E-state index in [4.69, 9.17) is 4.74 Å². The zero-order chi connectivity index (χ0) is 26.0. The quantitative estimate of drug-likeness (QED) is 0.393. The third-order valence-electron chi connectivity index (χ3n) is 6.83. The molecular weight excluding hydrogens is 467 g/mol. The first-order chi connectivity index (χ1) is 18.0. The summed E-state index contributed by atoms with van der Waals surface area (Å²) in [6.45, 7) is 2.03. The van der Waals surface area contributed by atoms with Crippen molar-refractivity contribution in [3.05, 3.63) is 101 Å². The van der Waals surface area contributed by atoms with Gasteiger partial charge in [0.15, 0.2) is 6.61 Å². The molecule has 5 nitrogen and oxygen atoms in total. The summed E-state index contributed by atoms with van der Waals surface area (Å²) in [6, 6.07) is 22.7. The molecule has 37 heavy (non-hydrogen) atoms. The van der Waals surface area contributed by atoms with Crippen LogP contribution in [-0.2, 0) is 22.6 Å². The maximum atomic E-state index is 13.7. The molecule has 0 spiro atoms.